The standard InChI is InChI=1S/C11H20NO/c1-13-11-6-8-12(9-7-11)10-4-2-3-5-10/h11H,2-9H2,1H3. The van der Waals surface area contributed by atoms with Crippen molar-refractivity contribution >= 4 is 0 Å². The first-order chi connectivity index (χ1) is 6.40. The van der Waals surface area contributed by atoms with Gasteiger partial charge in [-0.3, -0.25) is 4.90 Å². The van der Waals surface area contributed by atoms with Crippen LogP contribution in [0.2, 0.25) is 0 Å². The van der Waals surface area contributed by atoms with E-state index < -0.39 is 0 Å². The van der Waals surface area contributed by atoms with Crippen molar-refractivity contribution in [2.75, 3.05) is 20.2 Å². The molecule has 1 saturated heterocycles. The van der Waals surface area contributed by atoms with E-state index in [4.69, 9.17) is 4.74 Å². The summed E-state index contributed by atoms with van der Waals surface area (Å²) in [5.74, 6) is 0. The molecular weight excluding hydrogens is 162 g/mol. The summed E-state index contributed by atoms with van der Waals surface area (Å²) in [6.07, 6.45) is 8.52. The molecule has 75 valence electrons. The van der Waals surface area contributed by atoms with E-state index in [1.54, 1.807) is 6.04 Å². The highest BCUT2D eigenvalue weighted by Gasteiger charge is 2.27. The Morgan fingerprint density at radius 1 is 1.15 bits per heavy atom. The maximum absolute atomic E-state index is 5.37. The van der Waals surface area contributed by atoms with Crippen molar-refractivity contribution in [1.29, 1.82) is 0 Å². The molecule has 0 atom stereocenters. The largest absolute Gasteiger partial charge is 0.381 e. The highest BCUT2D eigenvalue weighted by Crippen LogP contribution is 2.32. The zero-order valence-corrected chi connectivity index (χ0v) is 8.59. The summed E-state index contributed by atoms with van der Waals surface area (Å²) in [6, 6.07) is 1.72. The fraction of sp³-hybridized carbons (Fsp3) is 0.909. The van der Waals surface area contributed by atoms with Gasteiger partial charge < -0.3 is 4.74 Å². The van der Waals surface area contributed by atoms with Crippen molar-refractivity contribution in [2.24, 2.45) is 0 Å². The molecule has 2 rings (SSSR count). The number of piperidine rings is 1. The maximum atomic E-state index is 5.37. The van der Waals surface area contributed by atoms with Crippen LogP contribution in [0.1, 0.15) is 38.5 Å². The van der Waals surface area contributed by atoms with Crippen molar-refractivity contribution in [1.82, 2.24) is 4.90 Å². The zero-order valence-electron chi connectivity index (χ0n) is 8.59. The van der Waals surface area contributed by atoms with Crippen LogP contribution in [-0.2, 0) is 4.74 Å². The molecule has 1 saturated carbocycles. The van der Waals surface area contributed by atoms with E-state index in [0.29, 0.717) is 6.10 Å². The van der Waals surface area contributed by atoms with Gasteiger partial charge in [0.1, 0.15) is 0 Å². The second kappa shape index (κ2) is 4.43. The summed E-state index contributed by atoms with van der Waals surface area (Å²) in [6.45, 7) is 2.46. The van der Waals surface area contributed by atoms with Gasteiger partial charge in [0.25, 0.3) is 0 Å². The van der Waals surface area contributed by atoms with Gasteiger partial charge in [0.15, 0.2) is 0 Å². The van der Waals surface area contributed by atoms with E-state index in [1.165, 1.54) is 51.6 Å². The number of hydrogen-bond acceptors (Lipinski definition) is 2. The average Bonchev–Trinajstić information content (AvgIpc) is 2.71. The number of rotatable bonds is 2. The van der Waals surface area contributed by atoms with Crippen LogP contribution in [0.3, 0.4) is 0 Å². The van der Waals surface area contributed by atoms with E-state index in [9.17, 15) is 0 Å². The Labute approximate surface area is 81.3 Å². The normalized spacial score (nSPS) is 28.4. The van der Waals surface area contributed by atoms with Crippen LogP contribution in [0.25, 0.3) is 0 Å². The van der Waals surface area contributed by atoms with Crippen molar-refractivity contribution in [2.45, 2.75) is 44.6 Å². The third-order valence-corrected chi connectivity index (χ3v) is 3.40. The van der Waals surface area contributed by atoms with E-state index >= 15 is 0 Å². The van der Waals surface area contributed by atoms with E-state index in [-0.39, 0.29) is 0 Å². The molecule has 1 aliphatic heterocycles. The Bertz CT molecular complexity index is 146. The van der Waals surface area contributed by atoms with Crippen LogP contribution >= 0.6 is 0 Å². The molecule has 0 amide bonds. The molecule has 13 heavy (non-hydrogen) atoms. The summed E-state index contributed by atoms with van der Waals surface area (Å²) in [7, 11) is 1.84. The van der Waals surface area contributed by atoms with Crippen molar-refractivity contribution in [3.8, 4) is 0 Å². The smallest absolute Gasteiger partial charge is 0.0595 e. The van der Waals surface area contributed by atoms with Gasteiger partial charge in [-0.25, -0.2) is 0 Å². The lowest BCUT2D eigenvalue weighted by Crippen LogP contribution is -2.38. The Balaban J connectivity index is 1.77. The monoisotopic (exact) mass is 182 g/mol. The lowest BCUT2D eigenvalue weighted by molar-refractivity contribution is 0.0423. The quantitative estimate of drug-likeness (QED) is 0.649. The Morgan fingerprint density at radius 3 is 2.31 bits per heavy atom. The fourth-order valence-corrected chi connectivity index (χ4v) is 2.51. The molecule has 2 nitrogen and oxygen atoms in total. The first-order valence-electron chi connectivity index (χ1n) is 5.52. The van der Waals surface area contributed by atoms with Crippen LogP contribution < -0.4 is 0 Å². The molecule has 2 heteroatoms. The van der Waals surface area contributed by atoms with Gasteiger partial charge in [0.2, 0.25) is 0 Å². The predicted molar refractivity (Wildman–Crippen MR) is 53.3 cm³/mol. The zero-order chi connectivity index (χ0) is 9.10. The molecule has 2 aliphatic rings. The summed E-state index contributed by atoms with van der Waals surface area (Å²) >= 11 is 0. The fourth-order valence-electron chi connectivity index (χ4n) is 2.51. The summed E-state index contributed by atoms with van der Waals surface area (Å²) in [5.41, 5.74) is 0. The Kier molecular flexibility index (Phi) is 3.23. The molecule has 0 unspecified atom stereocenters. The summed E-state index contributed by atoms with van der Waals surface area (Å²) in [4.78, 5) is 2.60. The van der Waals surface area contributed by atoms with E-state index in [0.717, 1.165) is 0 Å². The molecule has 0 aromatic carbocycles. The van der Waals surface area contributed by atoms with Crippen LogP contribution in [0, 0.1) is 6.04 Å². The molecule has 0 spiro atoms. The second-order valence-corrected chi connectivity index (χ2v) is 4.20. The third-order valence-electron chi connectivity index (χ3n) is 3.40. The van der Waals surface area contributed by atoms with E-state index in [2.05, 4.69) is 4.90 Å². The molecule has 0 aromatic rings. The summed E-state index contributed by atoms with van der Waals surface area (Å²) < 4.78 is 5.37. The molecule has 0 aromatic heterocycles. The van der Waals surface area contributed by atoms with Crippen LogP contribution in [0.4, 0.5) is 0 Å². The van der Waals surface area contributed by atoms with Gasteiger partial charge in [-0.1, -0.05) is 12.8 Å². The van der Waals surface area contributed by atoms with Gasteiger partial charge >= 0.3 is 0 Å². The van der Waals surface area contributed by atoms with Gasteiger partial charge in [-0.15, -0.1) is 0 Å². The lowest BCUT2D eigenvalue weighted by Gasteiger charge is -2.34. The minimum atomic E-state index is 0.526. The predicted octanol–water partition coefficient (Wildman–Crippen LogP) is 2.20. The maximum Gasteiger partial charge on any atom is 0.0595 e. The second-order valence-electron chi connectivity index (χ2n) is 4.20. The van der Waals surface area contributed by atoms with Gasteiger partial charge in [0, 0.05) is 26.2 Å². The van der Waals surface area contributed by atoms with Crippen LogP contribution in [0.15, 0.2) is 0 Å². The number of likely N-dealkylation sites (tertiary alicyclic amines) is 1. The Hall–Kier alpha value is -0.0800. The van der Waals surface area contributed by atoms with Crippen LogP contribution in [0.5, 0.6) is 0 Å². The highest BCUT2D eigenvalue weighted by molar-refractivity contribution is 4.96. The first-order valence-corrected chi connectivity index (χ1v) is 5.52. The number of ether oxygens (including phenoxy) is 1. The topological polar surface area (TPSA) is 12.5 Å². The van der Waals surface area contributed by atoms with Gasteiger partial charge in [0.05, 0.1) is 6.10 Å². The minimum Gasteiger partial charge on any atom is -0.381 e. The van der Waals surface area contributed by atoms with Crippen molar-refractivity contribution in [3.05, 3.63) is 6.04 Å². The number of nitrogens with zero attached hydrogens (tertiary/aromatic N) is 1. The van der Waals surface area contributed by atoms with Crippen molar-refractivity contribution < 1.29 is 4.74 Å². The van der Waals surface area contributed by atoms with E-state index in [1.807, 2.05) is 7.11 Å². The van der Waals surface area contributed by atoms with Crippen LogP contribution in [-0.4, -0.2) is 31.2 Å². The molecule has 1 heterocycles. The molecule has 2 fully saturated rings. The molecule has 0 N–H and O–H groups in total. The number of hydrogen-bond donors (Lipinski definition) is 0. The molecule has 1 aliphatic carbocycles. The Morgan fingerprint density at radius 2 is 1.77 bits per heavy atom. The minimum absolute atomic E-state index is 0.526. The first kappa shape index (κ1) is 9.47. The van der Waals surface area contributed by atoms with Gasteiger partial charge in [-0.2, -0.15) is 0 Å². The lowest BCUT2D eigenvalue weighted by atomic mass is 10.0. The highest BCUT2D eigenvalue weighted by atomic mass is 16.5. The third kappa shape index (κ3) is 2.23. The van der Waals surface area contributed by atoms with Gasteiger partial charge in [-0.05, 0) is 25.7 Å². The summed E-state index contributed by atoms with van der Waals surface area (Å²) in [5, 5.41) is 0. The molecular formula is C11H20NO. The number of methoxy groups -OCH3 is 1. The SMILES string of the molecule is COC1CCN([C]2CCCC2)CC1. The van der Waals surface area contributed by atoms with Crippen molar-refractivity contribution in [3.63, 3.8) is 0 Å². The molecule has 1 radical (unpaired) electrons. The molecule has 0 bridgehead atoms. The average molecular weight is 182 g/mol.